The van der Waals surface area contributed by atoms with Crippen LogP contribution < -0.4 is 10.1 Å². The Morgan fingerprint density at radius 1 is 1.19 bits per heavy atom. The monoisotopic (exact) mass is 473 g/mol. The summed E-state index contributed by atoms with van der Waals surface area (Å²) in [6, 6.07) is 15.0. The molecular formula is C23H28ClN5O2S. The standard InChI is InChI=1S/C23H28ClN5O2S/c1-5-14-31-20-9-7-6-8-19(20)25-21(30)15-32-23-27-26-22(16(2)28(3)4)29(23)18-12-10-17(24)11-13-18/h6-13,16H,5,14-15H2,1-4H3,(H,25,30). The van der Waals surface area contributed by atoms with Gasteiger partial charge in [0.05, 0.1) is 24.1 Å². The van der Waals surface area contributed by atoms with Crippen molar-refractivity contribution in [2.45, 2.75) is 31.5 Å². The predicted molar refractivity (Wildman–Crippen MR) is 130 cm³/mol. The maximum Gasteiger partial charge on any atom is 0.234 e. The number of para-hydroxylation sites is 2. The van der Waals surface area contributed by atoms with Gasteiger partial charge in [-0.1, -0.05) is 42.4 Å². The first kappa shape index (κ1) is 24.1. The molecule has 0 saturated carbocycles. The minimum atomic E-state index is -0.143. The molecule has 1 amide bonds. The molecule has 1 aromatic heterocycles. The molecule has 0 radical (unpaired) electrons. The molecule has 0 aliphatic rings. The van der Waals surface area contributed by atoms with Crippen LogP contribution in [0, 0.1) is 0 Å². The molecule has 9 heteroatoms. The van der Waals surface area contributed by atoms with Gasteiger partial charge in [-0.2, -0.15) is 0 Å². The maximum absolute atomic E-state index is 12.7. The highest BCUT2D eigenvalue weighted by atomic mass is 35.5. The van der Waals surface area contributed by atoms with Gasteiger partial charge in [0.25, 0.3) is 0 Å². The number of amides is 1. The van der Waals surface area contributed by atoms with Crippen LogP contribution in [0.3, 0.4) is 0 Å². The van der Waals surface area contributed by atoms with Gasteiger partial charge in [0.2, 0.25) is 5.91 Å². The zero-order chi connectivity index (χ0) is 23.1. The SMILES string of the molecule is CCCOc1ccccc1NC(=O)CSc1nnc(C(C)N(C)C)n1-c1ccc(Cl)cc1. The van der Waals surface area contributed by atoms with Gasteiger partial charge >= 0.3 is 0 Å². The number of hydrogen-bond acceptors (Lipinski definition) is 6. The average Bonchev–Trinajstić information content (AvgIpc) is 3.21. The van der Waals surface area contributed by atoms with Crippen molar-refractivity contribution in [1.82, 2.24) is 19.7 Å². The third-order valence-electron chi connectivity index (χ3n) is 4.85. The van der Waals surface area contributed by atoms with Gasteiger partial charge in [0, 0.05) is 10.7 Å². The quantitative estimate of drug-likeness (QED) is 0.415. The number of thioether (sulfide) groups is 1. The summed E-state index contributed by atoms with van der Waals surface area (Å²) in [4.78, 5) is 14.7. The Labute approximate surface area is 198 Å². The van der Waals surface area contributed by atoms with E-state index < -0.39 is 0 Å². The topological polar surface area (TPSA) is 72.3 Å². The van der Waals surface area contributed by atoms with Crippen LogP contribution in [-0.2, 0) is 4.79 Å². The Hall–Kier alpha value is -2.55. The Bertz CT molecular complexity index is 1040. The van der Waals surface area contributed by atoms with Crippen molar-refractivity contribution in [3.05, 3.63) is 59.4 Å². The van der Waals surface area contributed by atoms with Crippen LogP contribution in [0.5, 0.6) is 5.75 Å². The Morgan fingerprint density at radius 3 is 2.59 bits per heavy atom. The van der Waals surface area contributed by atoms with Crippen LogP contribution in [0.25, 0.3) is 5.69 Å². The third kappa shape index (κ3) is 6.03. The largest absolute Gasteiger partial charge is 0.491 e. The molecular weight excluding hydrogens is 446 g/mol. The summed E-state index contributed by atoms with van der Waals surface area (Å²) in [6.07, 6.45) is 0.895. The first-order valence-corrected chi connectivity index (χ1v) is 11.8. The van der Waals surface area contributed by atoms with Gasteiger partial charge in [-0.15, -0.1) is 10.2 Å². The van der Waals surface area contributed by atoms with E-state index in [0.717, 1.165) is 17.9 Å². The molecule has 1 N–H and O–H groups in total. The van der Waals surface area contributed by atoms with Crippen molar-refractivity contribution >= 4 is 35.0 Å². The summed E-state index contributed by atoms with van der Waals surface area (Å²) in [5, 5.41) is 13.0. The van der Waals surface area contributed by atoms with Crippen LogP contribution in [0.4, 0.5) is 5.69 Å². The molecule has 32 heavy (non-hydrogen) atoms. The van der Waals surface area contributed by atoms with Crippen LogP contribution >= 0.6 is 23.4 Å². The second-order valence-corrected chi connectivity index (χ2v) is 8.85. The molecule has 1 unspecified atom stereocenters. The van der Waals surface area contributed by atoms with E-state index in [9.17, 15) is 4.79 Å². The number of benzene rings is 2. The lowest BCUT2D eigenvalue weighted by Gasteiger charge is -2.20. The fraction of sp³-hybridized carbons (Fsp3) is 0.348. The molecule has 2 aromatic carbocycles. The summed E-state index contributed by atoms with van der Waals surface area (Å²) in [6.45, 7) is 4.70. The van der Waals surface area contributed by atoms with E-state index in [-0.39, 0.29) is 17.7 Å². The summed E-state index contributed by atoms with van der Waals surface area (Å²) in [7, 11) is 3.98. The number of nitrogens with one attached hydrogen (secondary N) is 1. The van der Waals surface area contributed by atoms with Crippen LogP contribution in [0.15, 0.2) is 53.7 Å². The highest BCUT2D eigenvalue weighted by Gasteiger charge is 2.21. The fourth-order valence-electron chi connectivity index (χ4n) is 2.93. The predicted octanol–water partition coefficient (Wildman–Crippen LogP) is 5.06. The molecule has 0 aliphatic carbocycles. The Morgan fingerprint density at radius 2 is 1.91 bits per heavy atom. The number of rotatable bonds is 10. The summed E-state index contributed by atoms with van der Waals surface area (Å²) >= 11 is 7.40. The number of nitrogens with zero attached hydrogens (tertiary/aromatic N) is 4. The van der Waals surface area contributed by atoms with Crippen LogP contribution in [0.2, 0.25) is 5.02 Å². The van der Waals surface area contributed by atoms with E-state index in [4.69, 9.17) is 16.3 Å². The molecule has 170 valence electrons. The lowest BCUT2D eigenvalue weighted by atomic mass is 10.2. The van der Waals surface area contributed by atoms with E-state index in [1.54, 1.807) is 0 Å². The lowest BCUT2D eigenvalue weighted by Crippen LogP contribution is -2.21. The van der Waals surface area contributed by atoms with E-state index in [1.165, 1.54) is 11.8 Å². The van der Waals surface area contributed by atoms with Crippen molar-refractivity contribution in [2.75, 3.05) is 31.8 Å². The van der Waals surface area contributed by atoms with Gasteiger partial charge in [0.1, 0.15) is 5.75 Å². The average molecular weight is 474 g/mol. The maximum atomic E-state index is 12.7. The van der Waals surface area contributed by atoms with Gasteiger partial charge in [0.15, 0.2) is 11.0 Å². The molecule has 7 nitrogen and oxygen atoms in total. The summed E-state index contributed by atoms with van der Waals surface area (Å²) in [5.41, 5.74) is 1.55. The molecule has 0 saturated heterocycles. The first-order chi connectivity index (χ1) is 15.4. The van der Waals surface area contributed by atoms with Gasteiger partial charge < -0.3 is 10.1 Å². The van der Waals surface area contributed by atoms with E-state index in [2.05, 4.69) is 27.3 Å². The number of carbonyl (C=O) groups is 1. The van der Waals surface area contributed by atoms with Crippen molar-refractivity contribution in [3.63, 3.8) is 0 Å². The summed E-state index contributed by atoms with van der Waals surface area (Å²) < 4.78 is 7.69. The van der Waals surface area contributed by atoms with Crippen molar-refractivity contribution in [2.24, 2.45) is 0 Å². The zero-order valence-corrected chi connectivity index (χ0v) is 20.3. The summed E-state index contributed by atoms with van der Waals surface area (Å²) in [5.74, 6) is 1.50. The highest BCUT2D eigenvalue weighted by molar-refractivity contribution is 7.99. The molecule has 0 fully saturated rings. The number of ether oxygens (including phenoxy) is 1. The van der Waals surface area contributed by atoms with E-state index in [0.29, 0.717) is 28.2 Å². The number of anilines is 1. The van der Waals surface area contributed by atoms with Crippen LogP contribution in [-0.4, -0.2) is 52.0 Å². The van der Waals surface area contributed by atoms with Crippen molar-refractivity contribution in [1.29, 1.82) is 0 Å². The fourth-order valence-corrected chi connectivity index (χ4v) is 3.82. The first-order valence-electron chi connectivity index (χ1n) is 10.4. The van der Waals surface area contributed by atoms with Crippen molar-refractivity contribution < 1.29 is 9.53 Å². The normalized spacial score (nSPS) is 12.1. The van der Waals surface area contributed by atoms with Crippen molar-refractivity contribution in [3.8, 4) is 11.4 Å². The molecule has 1 heterocycles. The molecule has 0 spiro atoms. The van der Waals surface area contributed by atoms with E-state index >= 15 is 0 Å². The second-order valence-electron chi connectivity index (χ2n) is 7.47. The lowest BCUT2D eigenvalue weighted by molar-refractivity contribution is -0.113. The Balaban J connectivity index is 1.78. The zero-order valence-electron chi connectivity index (χ0n) is 18.7. The van der Waals surface area contributed by atoms with Gasteiger partial charge in [-0.25, -0.2) is 0 Å². The third-order valence-corrected chi connectivity index (χ3v) is 6.03. The molecule has 3 rings (SSSR count). The van der Waals surface area contributed by atoms with Gasteiger partial charge in [-0.05, 0) is 63.8 Å². The highest BCUT2D eigenvalue weighted by Crippen LogP contribution is 2.28. The Kier molecular flexibility index (Phi) is 8.55. The molecule has 0 aliphatic heterocycles. The second kappa shape index (κ2) is 11.4. The molecule has 0 bridgehead atoms. The number of halogens is 1. The van der Waals surface area contributed by atoms with E-state index in [1.807, 2.05) is 74.1 Å². The minimum absolute atomic E-state index is 0.0314. The number of hydrogen-bond donors (Lipinski definition) is 1. The smallest absolute Gasteiger partial charge is 0.234 e. The number of aromatic nitrogens is 3. The van der Waals surface area contributed by atoms with Crippen LogP contribution in [0.1, 0.15) is 32.1 Å². The number of carbonyl (C=O) groups excluding carboxylic acids is 1. The van der Waals surface area contributed by atoms with Gasteiger partial charge in [-0.3, -0.25) is 14.3 Å². The molecule has 1 atom stereocenters. The molecule has 3 aromatic rings. The minimum Gasteiger partial charge on any atom is -0.491 e.